The quantitative estimate of drug-likeness (QED) is 0.823. The van der Waals surface area contributed by atoms with Crippen molar-refractivity contribution in [3.05, 3.63) is 55.1 Å². The van der Waals surface area contributed by atoms with Crippen molar-refractivity contribution in [1.29, 1.82) is 0 Å². The number of hydrogen-bond acceptors (Lipinski definition) is 3. The van der Waals surface area contributed by atoms with E-state index in [0.717, 1.165) is 22.5 Å². The molecule has 0 saturated heterocycles. The van der Waals surface area contributed by atoms with E-state index in [1.54, 1.807) is 0 Å². The molecule has 2 N–H and O–H groups in total. The van der Waals surface area contributed by atoms with Gasteiger partial charge in [0.25, 0.3) is 0 Å². The van der Waals surface area contributed by atoms with Crippen molar-refractivity contribution >= 4 is 38.9 Å². The number of rotatable bonds is 3. The molecule has 0 saturated carbocycles. The van der Waals surface area contributed by atoms with Gasteiger partial charge >= 0.3 is 0 Å². The Kier molecular flexibility index (Phi) is 4.71. The first kappa shape index (κ1) is 15.5. The number of thiophene rings is 1. The Morgan fingerprint density at radius 3 is 3.00 bits per heavy atom. The lowest BCUT2D eigenvalue weighted by molar-refractivity contribution is 0.139. The zero-order chi connectivity index (χ0) is 15.0. The summed E-state index contributed by atoms with van der Waals surface area (Å²) in [7, 11) is 0. The molecule has 1 aliphatic heterocycles. The lowest BCUT2D eigenvalue weighted by atomic mass is 9.96. The molecule has 0 radical (unpaired) electrons. The first-order valence-corrected chi connectivity index (χ1v) is 9.14. The molecule has 0 bridgehead atoms. The first-order chi connectivity index (χ1) is 10.1. The van der Waals surface area contributed by atoms with Gasteiger partial charge in [0, 0.05) is 34.5 Å². The number of fused-ring (bicyclic) bond motifs is 1. The van der Waals surface area contributed by atoms with E-state index in [2.05, 4.69) is 45.3 Å². The van der Waals surface area contributed by atoms with Crippen molar-refractivity contribution in [3.8, 4) is 0 Å². The molecule has 3 rings (SSSR count). The van der Waals surface area contributed by atoms with Crippen LogP contribution in [0.15, 0.2) is 34.1 Å². The van der Waals surface area contributed by atoms with Crippen LogP contribution in [0.25, 0.3) is 0 Å². The number of benzene rings is 1. The second-order valence-corrected chi connectivity index (χ2v) is 7.65. The smallest absolute Gasteiger partial charge is 0.0551 e. The summed E-state index contributed by atoms with van der Waals surface area (Å²) in [5.74, 6) is 0. The number of nitrogens with two attached hydrogens (primary N) is 1. The third-order valence-electron chi connectivity index (χ3n) is 4.28. The zero-order valence-corrected chi connectivity index (χ0v) is 15.0. The van der Waals surface area contributed by atoms with Crippen LogP contribution in [0, 0.1) is 0 Å². The molecule has 0 aliphatic carbocycles. The molecule has 0 amide bonds. The lowest BCUT2D eigenvalue weighted by Gasteiger charge is -2.39. The summed E-state index contributed by atoms with van der Waals surface area (Å²) in [4.78, 5) is 4.01. The van der Waals surface area contributed by atoms with E-state index in [0.29, 0.717) is 12.6 Å². The Balaban J connectivity index is 1.92. The van der Waals surface area contributed by atoms with Crippen LogP contribution >= 0.6 is 38.9 Å². The van der Waals surface area contributed by atoms with Crippen LogP contribution in [-0.2, 0) is 6.42 Å². The fourth-order valence-corrected chi connectivity index (χ4v) is 4.54. The van der Waals surface area contributed by atoms with Crippen molar-refractivity contribution in [2.45, 2.75) is 25.4 Å². The molecule has 1 aliphatic rings. The highest BCUT2D eigenvalue weighted by molar-refractivity contribution is 9.10. The fourth-order valence-electron chi connectivity index (χ4n) is 3.14. The average molecular weight is 386 g/mol. The molecule has 2 atom stereocenters. The first-order valence-electron chi connectivity index (χ1n) is 7.09. The minimum Gasteiger partial charge on any atom is -0.329 e. The number of halogens is 2. The normalized spacial score (nSPS) is 20.3. The van der Waals surface area contributed by atoms with Gasteiger partial charge in [-0.05, 0) is 64.0 Å². The molecule has 2 aromatic rings. The fraction of sp³-hybridized carbons (Fsp3) is 0.375. The Hall–Kier alpha value is -0.390. The van der Waals surface area contributed by atoms with Gasteiger partial charge in [-0.3, -0.25) is 4.90 Å². The molecule has 1 aromatic heterocycles. The summed E-state index contributed by atoms with van der Waals surface area (Å²) >= 11 is 11.6. The summed E-state index contributed by atoms with van der Waals surface area (Å²) in [5, 5.41) is 2.94. The topological polar surface area (TPSA) is 29.3 Å². The maximum Gasteiger partial charge on any atom is 0.0551 e. The SMILES string of the molecule is CC1c2ccsc2CCN1C(CN)c1ccc(Br)c(Cl)c1. The minimum absolute atomic E-state index is 0.207. The Bertz CT molecular complexity index is 643. The number of hydrogen-bond donors (Lipinski definition) is 1. The Morgan fingerprint density at radius 1 is 1.48 bits per heavy atom. The molecule has 2 heterocycles. The standard InChI is InChI=1S/C16H18BrClN2S/c1-10-12-5-7-21-16(12)4-6-20(10)15(9-19)11-2-3-13(17)14(18)8-11/h2-3,5,7-8,10,15H,4,6,9,19H2,1H3. The van der Waals surface area contributed by atoms with Gasteiger partial charge < -0.3 is 5.73 Å². The third-order valence-corrected chi connectivity index (χ3v) is 6.51. The third kappa shape index (κ3) is 2.92. The predicted molar refractivity (Wildman–Crippen MR) is 94.1 cm³/mol. The largest absolute Gasteiger partial charge is 0.329 e. The van der Waals surface area contributed by atoms with E-state index in [9.17, 15) is 0 Å². The van der Waals surface area contributed by atoms with E-state index in [4.69, 9.17) is 17.3 Å². The molecule has 112 valence electrons. The summed E-state index contributed by atoms with van der Waals surface area (Å²) in [6, 6.07) is 9.00. The summed E-state index contributed by atoms with van der Waals surface area (Å²) < 4.78 is 0.926. The van der Waals surface area contributed by atoms with Crippen molar-refractivity contribution in [3.63, 3.8) is 0 Å². The summed E-state index contributed by atoms with van der Waals surface area (Å²) in [5.41, 5.74) is 8.73. The van der Waals surface area contributed by atoms with Crippen LogP contribution in [0.3, 0.4) is 0 Å². The second-order valence-electron chi connectivity index (χ2n) is 5.39. The van der Waals surface area contributed by atoms with Crippen molar-refractivity contribution in [2.75, 3.05) is 13.1 Å². The maximum absolute atomic E-state index is 6.25. The van der Waals surface area contributed by atoms with Gasteiger partial charge in [-0.1, -0.05) is 17.7 Å². The van der Waals surface area contributed by atoms with E-state index < -0.39 is 0 Å². The van der Waals surface area contributed by atoms with Crippen LogP contribution in [0.1, 0.15) is 35.0 Å². The Labute approximate surface area is 143 Å². The number of nitrogens with zero attached hydrogens (tertiary/aromatic N) is 1. The molecule has 0 spiro atoms. The van der Waals surface area contributed by atoms with E-state index in [1.807, 2.05) is 23.5 Å². The summed E-state index contributed by atoms with van der Waals surface area (Å²) in [6.45, 7) is 3.92. The maximum atomic E-state index is 6.25. The molecule has 2 nitrogen and oxygen atoms in total. The van der Waals surface area contributed by atoms with Crippen LogP contribution in [0.4, 0.5) is 0 Å². The van der Waals surface area contributed by atoms with E-state index in [-0.39, 0.29) is 6.04 Å². The summed E-state index contributed by atoms with van der Waals surface area (Å²) in [6.07, 6.45) is 1.11. The van der Waals surface area contributed by atoms with Gasteiger partial charge in [0.2, 0.25) is 0 Å². The molecular weight excluding hydrogens is 368 g/mol. The highest BCUT2D eigenvalue weighted by Gasteiger charge is 2.30. The van der Waals surface area contributed by atoms with Gasteiger partial charge in [0.1, 0.15) is 0 Å². The minimum atomic E-state index is 0.207. The molecule has 1 aromatic carbocycles. The highest BCUT2D eigenvalue weighted by atomic mass is 79.9. The monoisotopic (exact) mass is 384 g/mol. The van der Waals surface area contributed by atoms with Gasteiger partial charge in [-0.15, -0.1) is 11.3 Å². The van der Waals surface area contributed by atoms with Crippen LogP contribution in [0.2, 0.25) is 5.02 Å². The van der Waals surface area contributed by atoms with Gasteiger partial charge in [-0.25, -0.2) is 0 Å². The molecular formula is C16H18BrClN2S. The lowest BCUT2D eigenvalue weighted by Crippen LogP contribution is -2.39. The van der Waals surface area contributed by atoms with Crippen LogP contribution in [0.5, 0.6) is 0 Å². The van der Waals surface area contributed by atoms with Gasteiger partial charge in [0.15, 0.2) is 0 Å². The van der Waals surface area contributed by atoms with Gasteiger partial charge in [0.05, 0.1) is 5.02 Å². The zero-order valence-electron chi connectivity index (χ0n) is 11.9. The predicted octanol–water partition coefficient (Wildman–Crippen LogP) is 4.78. The van der Waals surface area contributed by atoms with E-state index >= 15 is 0 Å². The molecule has 0 fully saturated rings. The molecule has 2 unspecified atom stereocenters. The van der Waals surface area contributed by atoms with Crippen molar-refractivity contribution in [1.82, 2.24) is 4.90 Å². The highest BCUT2D eigenvalue weighted by Crippen LogP contribution is 2.38. The van der Waals surface area contributed by atoms with Crippen molar-refractivity contribution in [2.24, 2.45) is 5.73 Å². The molecule has 21 heavy (non-hydrogen) atoms. The van der Waals surface area contributed by atoms with Crippen LogP contribution < -0.4 is 5.73 Å². The Morgan fingerprint density at radius 2 is 2.29 bits per heavy atom. The second kappa shape index (κ2) is 6.39. The van der Waals surface area contributed by atoms with Crippen molar-refractivity contribution < 1.29 is 0 Å². The van der Waals surface area contributed by atoms with E-state index in [1.165, 1.54) is 16.0 Å². The van der Waals surface area contributed by atoms with Gasteiger partial charge in [-0.2, -0.15) is 0 Å². The average Bonchev–Trinajstić information content (AvgIpc) is 2.95. The van der Waals surface area contributed by atoms with Crippen LogP contribution in [-0.4, -0.2) is 18.0 Å². The molecule has 5 heteroatoms.